The molecule has 76 valence electrons. The minimum atomic E-state index is -1.03. The van der Waals surface area contributed by atoms with Crippen LogP contribution in [0.15, 0.2) is 18.2 Å². The highest BCUT2D eigenvalue weighted by molar-refractivity contribution is 6.33. The van der Waals surface area contributed by atoms with E-state index in [0.29, 0.717) is 16.5 Å². The topological polar surface area (TPSA) is 72.5 Å². The number of rotatable bonds is 3. The number of carboxylic acid groups (broad SMARTS) is 1. The van der Waals surface area contributed by atoms with Gasteiger partial charge in [-0.3, -0.25) is 0 Å². The molecule has 0 amide bonds. The first-order valence-electron chi connectivity index (χ1n) is 3.95. The van der Waals surface area contributed by atoms with Gasteiger partial charge in [-0.25, -0.2) is 4.79 Å². The Morgan fingerprint density at radius 3 is 2.79 bits per heavy atom. The Balaban J connectivity index is 2.78. The largest absolute Gasteiger partial charge is 0.479 e. The van der Waals surface area contributed by atoms with Crippen molar-refractivity contribution in [1.29, 1.82) is 0 Å². The minimum absolute atomic E-state index is 0.347. The van der Waals surface area contributed by atoms with Crippen LogP contribution in [0.3, 0.4) is 0 Å². The van der Waals surface area contributed by atoms with E-state index >= 15 is 0 Å². The molecule has 1 rings (SSSR count). The van der Waals surface area contributed by atoms with Gasteiger partial charge in [-0.2, -0.15) is 0 Å². The van der Waals surface area contributed by atoms with E-state index in [0.717, 1.165) is 0 Å². The minimum Gasteiger partial charge on any atom is -0.479 e. The summed E-state index contributed by atoms with van der Waals surface area (Å²) in [5.74, 6) is -0.642. The van der Waals surface area contributed by atoms with Crippen LogP contribution in [-0.4, -0.2) is 17.2 Å². The number of nitrogen functional groups attached to an aromatic ring is 1. The summed E-state index contributed by atoms with van der Waals surface area (Å²) in [5, 5.41) is 8.93. The van der Waals surface area contributed by atoms with Gasteiger partial charge in [0.2, 0.25) is 0 Å². The first-order chi connectivity index (χ1) is 6.50. The zero-order valence-corrected chi connectivity index (χ0v) is 8.28. The van der Waals surface area contributed by atoms with E-state index in [1.165, 1.54) is 13.0 Å². The Hall–Kier alpha value is -1.42. The lowest BCUT2D eigenvalue weighted by Crippen LogP contribution is -2.22. The summed E-state index contributed by atoms with van der Waals surface area (Å²) in [7, 11) is 0. The fraction of sp³-hybridized carbons (Fsp3) is 0.222. The molecule has 1 atom stereocenters. The monoisotopic (exact) mass is 215 g/mol. The van der Waals surface area contributed by atoms with Crippen molar-refractivity contribution in [2.75, 3.05) is 5.73 Å². The average molecular weight is 216 g/mol. The maximum Gasteiger partial charge on any atom is 0.344 e. The smallest absolute Gasteiger partial charge is 0.344 e. The van der Waals surface area contributed by atoms with Crippen molar-refractivity contribution in [2.45, 2.75) is 13.0 Å². The van der Waals surface area contributed by atoms with E-state index in [1.54, 1.807) is 12.1 Å². The second kappa shape index (κ2) is 4.19. The molecule has 0 aliphatic carbocycles. The fourth-order valence-corrected chi connectivity index (χ4v) is 1.01. The van der Waals surface area contributed by atoms with Crippen LogP contribution in [0.1, 0.15) is 6.92 Å². The predicted octanol–water partition coefficient (Wildman–Crippen LogP) is 1.77. The van der Waals surface area contributed by atoms with Gasteiger partial charge in [-0.05, 0) is 19.1 Å². The average Bonchev–Trinajstić information content (AvgIpc) is 2.11. The van der Waals surface area contributed by atoms with Gasteiger partial charge in [-0.1, -0.05) is 11.6 Å². The maximum atomic E-state index is 10.5. The van der Waals surface area contributed by atoms with Crippen LogP contribution in [0.5, 0.6) is 5.75 Å². The Morgan fingerprint density at radius 1 is 1.64 bits per heavy atom. The summed E-state index contributed by atoms with van der Waals surface area (Å²) in [6.07, 6.45) is -0.908. The van der Waals surface area contributed by atoms with Crippen molar-refractivity contribution >= 4 is 23.3 Å². The zero-order valence-electron chi connectivity index (χ0n) is 7.53. The van der Waals surface area contributed by atoms with Gasteiger partial charge in [0.1, 0.15) is 5.75 Å². The van der Waals surface area contributed by atoms with E-state index in [9.17, 15) is 4.79 Å². The van der Waals surface area contributed by atoms with Crippen LogP contribution >= 0.6 is 11.6 Å². The molecule has 4 nitrogen and oxygen atoms in total. The summed E-state index contributed by atoms with van der Waals surface area (Å²) < 4.78 is 5.07. The molecule has 0 radical (unpaired) electrons. The fourth-order valence-electron chi connectivity index (χ4n) is 0.836. The second-order valence-corrected chi connectivity index (χ2v) is 3.19. The number of halogens is 1. The second-order valence-electron chi connectivity index (χ2n) is 2.78. The molecular weight excluding hydrogens is 206 g/mol. The Bertz CT molecular complexity index is 354. The van der Waals surface area contributed by atoms with Crippen LogP contribution in [0.4, 0.5) is 5.69 Å². The van der Waals surface area contributed by atoms with Crippen molar-refractivity contribution in [3.05, 3.63) is 23.2 Å². The molecule has 0 saturated carbocycles. The van der Waals surface area contributed by atoms with Gasteiger partial charge < -0.3 is 15.6 Å². The maximum absolute atomic E-state index is 10.5. The van der Waals surface area contributed by atoms with Gasteiger partial charge >= 0.3 is 5.97 Å². The van der Waals surface area contributed by atoms with Gasteiger partial charge in [0, 0.05) is 6.07 Å². The molecule has 0 aliphatic rings. The van der Waals surface area contributed by atoms with Crippen molar-refractivity contribution in [3.63, 3.8) is 0 Å². The first-order valence-corrected chi connectivity index (χ1v) is 4.33. The third-order valence-electron chi connectivity index (χ3n) is 1.63. The normalized spacial score (nSPS) is 12.1. The molecule has 0 heterocycles. The third kappa shape index (κ3) is 2.53. The lowest BCUT2D eigenvalue weighted by molar-refractivity contribution is -0.144. The number of ether oxygens (including phenoxy) is 1. The van der Waals surface area contributed by atoms with E-state index in [-0.39, 0.29) is 0 Å². The molecule has 5 heteroatoms. The molecule has 0 aromatic heterocycles. The van der Waals surface area contributed by atoms with Crippen LogP contribution < -0.4 is 10.5 Å². The number of benzene rings is 1. The molecule has 0 saturated heterocycles. The van der Waals surface area contributed by atoms with Crippen molar-refractivity contribution < 1.29 is 14.6 Å². The summed E-state index contributed by atoms with van der Waals surface area (Å²) in [6.45, 7) is 1.44. The van der Waals surface area contributed by atoms with Gasteiger partial charge in [-0.15, -0.1) is 0 Å². The number of nitrogens with two attached hydrogens (primary N) is 1. The lowest BCUT2D eigenvalue weighted by Gasteiger charge is -2.10. The molecule has 0 aliphatic heterocycles. The van der Waals surface area contributed by atoms with E-state index < -0.39 is 12.1 Å². The summed E-state index contributed by atoms with van der Waals surface area (Å²) in [4.78, 5) is 10.5. The Morgan fingerprint density at radius 2 is 2.29 bits per heavy atom. The van der Waals surface area contributed by atoms with Crippen LogP contribution in [0.25, 0.3) is 0 Å². The predicted molar refractivity (Wildman–Crippen MR) is 53.6 cm³/mol. The highest BCUT2D eigenvalue weighted by atomic mass is 35.5. The van der Waals surface area contributed by atoms with E-state index in [2.05, 4.69) is 0 Å². The molecule has 0 fully saturated rings. The molecule has 3 N–H and O–H groups in total. The van der Waals surface area contributed by atoms with Crippen LogP contribution in [0, 0.1) is 0 Å². The molecule has 0 bridgehead atoms. The summed E-state index contributed by atoms with van der Waals surface area (Å²) >= 11 is 5.72. The SMILES string of the molecule is CC(Oc1ccc(N)c(Cl)c1)C(=O)O. The van der Waals surface area contributed by atoms with Crippen molar-refractivity contribution in [1.82, 2.24) is 0 Å². The number of hydrogen-bond acceptors (Lipinski definition) is 3. The third-order valence-corrected chi connectivity index (χ3v) is 1.96. The first kappa shape index (κ1) is 10.7. The van der Waals surface area contributed by atoms with Crippen LogP contribution in [-0.2, 0) is 4.79 Å². The van der Waals surface area contributed by atoms with Gasteiger partial charge in [0.15, 0.2) is 6.10 Å². The molecule has 1 aromatic rings. The molecule has 1 aromatic carbocycles. The summed E-state index contributed by atoms with van der Waals surface area (Å²) in [5.41, 5.74) is 5.91. The number of aliphatic carboxylic acids is 1. The zero-order chi connectivity index (χ0) is 10.7. The van der Waals surface area contributed by atoms with E-state index in [4.69, 9.17) is 27.2 Å². The highest BCUT2D eigenvalue weighted by Crippen LogP contribution is 2.24. The van der Waals surface area contributed by atoms with E-state index in [1.807, 2.05) is 0 Å². The number of carbonyl (C=O) groups is 1. The highest BCUT2D eigenvalue weighted by Gasteiger charge is 2.12. The van der Waals surface area contributed by atoms with Crippen molar-refractivity contribution in [3.8, 4) is 5.75 Å². The van der Waals surface area contributed by atoms with Crippen molar-refractivity contribution in [2.24, 2.45) is 0 Å². The molecule has 0 spiro atoms. The Labute approximate surface area is 86.2 Å². The number of hydrogen-bond donors (Lipinski definition) is 2. The van der Waals surface area contributed by atoms with Crippen LogP contribution in [0.2, 0.25) is 5.02 Å². The molecule has 14 heavy (non-hydrogen) atoms. The number of carboxylic acids is 1. The van der Waals surface area contributed by atoms with Gasteiger partial charge in [0.25, 0.3) is 0 Å². The summed E-state index contributed by atoms with van der Waals surface area (Å²) in [6, 6.07) is 4.61. The molecular formula is C9H10ClNO3. The number of anilines is 1. The standard InChI is InChI=1S/C9H10ClNO3/c1-5(9(12)13)14-6-2-3-8(11)7(10)4-6/h2-5H,11H2,1H3,(H,12,13). The quantitative estimate of drug-likeness (QED) is 0.754. The molecule has 1 unspecified atom stereocenters. The lowest BCUT2D eigenvalue weighted by atomic mass is 10.3. The Kier molecular flexibility index (Phi) is 3.19. The van der Waals surface area contributed by atoms with Gasteiger partial charge in [0.05, 0.1) is 10.7 Å².